The zero-order valence-corrected chi connectivity index (χ0v) is 11.2. The van der Waals surface area contributed by atoms with E-state index in [9.17, 15) is 34.6 Å². The van der Waals surface area contributed by atoms with Gasteiger partial charge >= 0.3 is 5.25 Å². The Kier molecular flexibility index (Phi) is 4.79. The molecular weight excluding hydrogens is 325 g/mol. The topological polar surface area (TPSA) is 101 Å². The lowest BCUT2D eigenvalue weighted by molar-refractivity contribution is -0.0217. The lowest BCUT2D eigenvalue weighted by Crippen LogP contribution is -2.41. The molecule has 1 atom stereocenters. The first-order valence-electron chi connectivity index (χ1n) is 4.90. The molecule has 114 valence electrons. The fourth-order valence-electron chi connectivity index (χ4n) is 1.06. The summed E-state index contributed by atoms with van der Waals surface area (Å²) in [5.74, 6) is 0. The van der Waals surface area contributed by atoms with Crippen molar-refractivity contribution in [3.8, 4) is 0 Å². The molecule has 0 saturated heterocycles. The summed E-state index contributed by atoms with van der Waals surface area (Å²) in [6.45, 7) is -1.80. The lowest BCUT2D eigenvalue weighted by atomic mass is 10.4. The van der Waals surface area contributed by atoms with Crippen molar-refractivity contribution in [2.75, 3.05) is 6.61 Å². The van der Waals surface area contributed by atoms with Crippen molar-refractivity contribution in [2.24, 2.45) is 0 Å². The summed E-state index contributed by atoms with van der Waals surface area (Å²) in [5, 5.41) is -5.28. The van der Waals surface area contributed by atoms with E-state index in [1.807, 2.05) is 0 Å². The van der Waals surface area contributed by atoms with E-state index in [-0.39, 0.29) is 0 Å². The van der Waals surface area contributed by atoms with Crippen LogP contribution in [0.2, 0.25) is 0 Å². The molecule has 0 aliphatic heterocycles. The summed E-state index contributed by atoms with van der Waals surface area (Å²) in [4.78, 5) is -0.430. The Labute approximate surface area is 113 Å². The van der Waals surface area contributed by atoms with Crippen LogP contribution in [0, 0.1) is 0 Å². The molecule has 0 aromatic heterocycles. The van der Waals surface area contributed by atoms with E-state index < -0.39 is 43.2 Å². The van der Waals surface area contributed by atoms with Gasteiger partial charge in [-0.25, -0.2) is 12.8 Å². The lowest BCUT2D eigenvalue weighted by Gasteiger charge is -2.22. The fraction of sp³-hybridized carbons (Fsp3) is 0.333. The standard InChI is InChI=1S/C9H9F3O6S2/c10-8(9(11,12)20(15,16)17)6-18-19(13,14)7-4-2-1-3-5-7/h1-5,8H,6H2,(H,15,16,17)/p-1. The van der Waals surface area contributed by atoms with Crippen LogP contribution in [-0.4, -0.2) is 39.4 Å². The van der Waals surface area contributed by atoms with Crippen LogP contribution in [0.1, 0.15) is 0 Å². The molecule has 0 radical (unpaired) electrons. The summed E-state index contributed by atoms with van der Waals surface area (Å²) >= 11 is 0. The molecular formula is C9H8F3O6S2-. The Hall–Kier alpha value is -1.17. The van der Waals surface area contributed by atoms with Gasteiger partial charge in [0.05, 0.1) is 4.90 Å². The molecule has 0 aliphatic rings. The third-order valence-corrected chi connectivity index (χ3v) is 4.32. The maximum atomic E-state index is 13.0. The van der Waals surface area contributed by atoms with Gasteiger partial charge in [0.2, 0.25) is 6.17 Å². The molecule has 11 heteroatoms. The SMILES string of the molecule is O=S(=O)(OCC(F)C(F)(F)S(=O)(=O)[O-])c1ccccc1. The molecule has 0 fully saturated rings. The predicted molar refractivity (Wildman–Crippen MR) is 59.1 cm³/mol. The highest BCUT2D eigenvalue weighted by molar-refractivity contribution is 7.87. The molecule has 1 rings (SSSR count). The molecule has 0 aliphatic carbocycles. The van der Waals surface area contributed by atoms with Crippen LogP contribution in [0.25, 0.3) is 0 Å². The van der Waals surface area contributed by atoms with Crippen LogP contribution in [-0.2, 0) is 24.4 Å². The molecule has 20 heavy (non-hydrogen) atoms. The summed E-state index contributed by atoms with van der Waals surface area (Å²) in [7, 11) is -10.8. The van der Waals surface area contributed by atoms with Gasteiger partial charge in [-0.1, -0.05) is 18.2 Å². The van der Waals surface area contributed by atoms with Crippen molar-refractivity contribution >= 4 is 20.2 Å². The average Bonchev–Trinajstić information content (AvgIpc) is 2.35. The third kappa shape index (κ3) is 3.69. The minimum absolute atomic E-state index is 0.430. The molecule has 0 N–H and O–H groups in total. The molecule has 1 unspecified atom stereocenters. The summed E-state index contributed by atoms with van der Waals surface area (Å²) in [6, 6.07) is 6.20. The zero-order chi connectivity index (χ0) is 15.6. The van der Waals surface area contributed by atoms with Gasteiger partial charge < -0.3 is 4.55 Å². The van der Waals surface area contributed by atoms with Gasteiger partial charge in [-0.3, -0.25) is 4.18 Å². The van der Waals surface area contributed by atoms with E-state index in [0.717, 1.165) is 12.1 Å². The highest BCUT2D eigenvalue weighted by Gasteiger charge is 2.48. The van der Waals surface area contributed by atoms with Gasteiger partial charge in [-0.15, -0.1) is 0 Å². The van der Waals surface area contributed by atoms with Gasteiger partial charge in [-0.05, 0) is 12.1 Å². The number of hydrogen-bond acceptors (Lipinski definition) is 6. The van der Waals surface area contributed by atoms with E-state index >= 15 is 0 Å². The molecule has 1 aromatic carbocycles. The minimum atomic E-state index is -6.27. The monoisotopic (exact) mass is 333 g/mol. The second kappa shape index (κ2) is 5.68. The van der Waals surface area contributed by atoms with Crippen LogP contribution in [0.3, 0.4) is 0 Å². The smallest absolute Gasteiger partial charge is 0.367 e. The first-order chi connectivity index (χ1) is 8.98. The minimum Gasteiger partial charge on any atom is -0.743 e. The Morgan fingerprint density at radius 3 is 2.10 bits per heavy atom. The van der Waals surface area contributed by atoms with E-state index in [0.29, 0.717) is 0 Å². The van der Waals surface area contributed by atoms with Gasteiger partial charge in [0.25, 0.3) is 10.1 Å². The molecule has 0 bridgehead atoms. The summed E-state index contributed by atoms with van der Waals surface area (Å²) < 4.78 is 95.8. The largest absolute Gasteiger partial charge is 0.743 e. The predicted octanol–water partition coefficient (Wildman–Crippen LogP) is 0.868. The molecule has 0 heterocycles. The van der Waals surface area contributed by atoms with Crippen molar-refractivity contribution in [2.45, 2.75) is 16.3 Å². The van der Waals surface area contributed by atoms with E-state index in [2.05, 4.69) is 4.18 Å². The maximum absolute atomic E-state index is 13.0. The Morgan fingerprint density at radius 1 is 1.15 bits per heavy atom. The van der Waals surface area contributed by atoms with E-state index in [4.69, 9.17) is 0 Å². The van der Waals surface area contributed by atoms with Crippen molar-refractivity contribution in [1.29, 1.82) is 0 Å². The van der Waals surface area contributed by atoms with Gasteiger partial charge in [0.1, 0.15) is 6.61 Å². The molecule has 0 saturated carbocycles. The third-order valence-electron chi connectivity index (χ3n) is 2.10. The highest BCUT2D eigenvalue weighted by atomic mass is 32.2. The average molecular weight is 333 g/mol. The molecule has 0 amide bonds. The van der Waals surface area contributed by atoms with Crippen LogP contribution in [0.5, 0.6) is 0 Å². The van der Waals surface area contributed by atoms with E-state index in [1.54, 1.807) is 0 Å². The number of hydrogen-bond donors (Lipinski definition) is 0. The van der Waals surface area contributed by atoms with Crippen LogP contribution in [0.15, 0.2) is 35.2 Å². The second-order valence-corrected chi connectivity index (χ2v) is 6.60. The Bertz CT molecular complexity index is 656. The second-order valence-electron chi connectivity index (χ2n) is 3.54. The molecule has 6 nitrogen and oxygen atoms in total. The van der Waals surface area contributed by atoms with Crippen molar-refractivity contribution in [1.82, 2.24) is 0 Å². The number of benzene rings is 1. The first kappa shape index (κ1) is 16.9. The maximum Gasteiger partial charge on any atom is 0.367 e. The van der Waals surface area contributed by atoms with Crippen LogP contribution < -0.4 is 0 Å². The fourth-order valence-corrected chi connectivity index (χ4v) is 2.36. The van der Waals surface area contributed by atoms with E-state index in [1.165, 1.54) is 18.2 Å². The van der Waals surface area contributed by atoms with Crippen molar-refractivity contribution < 1.29 is 38.7 Å². The Morgan fingerprint density at radius 2 is 1.65 bits per heavy atom. The zero-order valence-electron chi connectivity index (χ0n) is 9.57. The normalized spacial score (nSPS) is 15.0. The Balaban J connectivity index is 2.83. The number of alkyl halides is 3. The van der Waals surface area contributed by atoms with Gasteiger partial charge in [-0.2, -0.15) is 17.2 Å². The summed E-state index contributed by atoms with van der Waals surface area (Å²) in [5.41, 5.74) is 0. The van der Waals surface area contributed by atoms with Gasteiger partial charge in [0.15, 0.2) is 10.1 Å². The highest BCUT2D eigenvalue weighted by Crippen LogP contribution is 2.28. The van der Waals surface area contributed by atoms with Crippen LogP contribution >= 0.6 is 0 Å². The number of rotatable bonds is 6. The summed E-state index contributed by atoms with van der Waals surface area (Å²) in [6.07, 6.45) is -3.61. The van der Waals surface area contributed by atoms with Crippen molar-refractivity contribution in [3.63, 3.8) is 0 Å². The quantitative estimate of drug-likeness (QED) is 0.565. The van der Waals surface area contributed by atoms with Crippen LogP contribution in [0.4, 0.5) is 13.2 Å². The number of halogens is 3. The van der Waals surface area contributed by atoms with Gasteiger partial charge in [0, 0.05) is 0 Å². The molecule has 0 spiro atoms. The first-order valence-corrected chi connectivity index (χ1v) is 7.72. The molecule has 1 aromatic rings. The van der Waals surface area contributed by atoms with Crippen molar-refractivity contribution in [3.05, 3.63) is 30.3 Å².